The molecule has 0 heterocycles. The van der Waals surface area contributed by atoms with Crippen LogP contribution < -0.4 is 5.32 Å². The summed E-state index contributed by atoms with van der Waals surface area (Å²) in [6, 6.07) is 14.4. The predicted octanol–water partition coefficient (Wildman–Crippen LogP) is 3.33. The molecule has 5 nitrogen and oxygen atoms in total. The van der Waals surface area contributed by atoms with Gasteiger partial charge < -0.3 is 5.32 Å². The standard InChI is InChI=1S/C18H18N2O3/c21-18(12-13-8-10-15(11-9-13)20(22)23)19-17-7-3-5-14-4-1-2-6-16(14)17/h1-2,4,6,8-11,17H,3,5,7,12H2,(H,19,21). The van der Waals surface area contributed by atoms with E-state index in [0.717, 1.165) is 24.8 Å². The largest absolute Gasteiger partial charge is 0.349 e. The van der Waals surface area contributed by atoms with Crippen LogP contribution in [0.4, 0.5) is 5.69 Å². The monoisotopic (exact) mass is 310 g/mol. The summed E-state index contributed by atoms with van der Waals surface area (Å²) < 4.78 is 0. The first-order valence-corrected chi connectivity index (χ1v) is 7.74. The lowest BCUT2D eigenvalue weighted by atomic mass is 9.87. The van der Waals surface area contributed by atoms with Gasteiger partial charge >= 0.3 is 0 Å². The summed E-state index contributed by atoms with van der Waals surface area (Å²) in [5.41, 5.74) is 3.32. The average molecular weight is 310 g/mol. The summed E-state index contributed by atoms with van der Waals surface area (Å²) in [5, 5.41) is 13.7. The Morgan fingerprint density at radius 3 is 2.65 bits per heavy atom. The Labute approximate surface area is 134 Å². The fraction of sp³-hybridized carbons (Fsp3) is 0.278. The normalized spacial score (nSPS) is 16.4. The summed E-state index contributed by atoms with van der Waals surface area (Å²) in [7, 11) is 0. The minimum atomic E-state index is -0.442. The Kier molecular flexibility index (Phi) is 4.37. The first-order chi connectivity index (χ1) is 11.1. The SMILES string of the molecule is O=C(Cc1ccc([N+](=O)[O-])cc1)NC1CCCc2ccccc21. The zero-order valence-electron chi connectivity index (χ0n) is 12.7. The molecule has 0 aliphatic heterocycles. The Bertz CT molecular complexity index is 725. The highest BCUT2D eigenvalue weighted by molar-refractivity contribution is 5.79. The molecule has 118 valence electrons. The van der Waals surface area contributed by atoms with Crippen molar-refractivity contribution < 1.29 is 9.72 Å². The number of amides is 1. The third kappa shape index (κ3) is 3.56. The maximum atomic E-state index is 12.3. The van der Waals surface area contributed by atoms with Crippen molar-refractivity contribution in [2.75, 3.05) is 0 Å². The van der Waals surface area contributed by atoms with Gasteiger partial charge in [0.25, 0.3) is 5.69 Å². The maximum absolute atomic E-state index is 12.3. The van der Waals surface area contributed by atoms with E-state index in [2.05, 4.69) is 17.4 Å². The van der Waals surface area contributed by atoms with Crippen molar-refractivity contribution in [2.45, 2.75) is 31.7 Å². The number of carbonyl (C=O) groups is 1. The smallest absolute Gasteiger partial charge is 0.269 e. The van der Waals surface area contributed by atoms with Crippen LogP contribution in [0.3, 0.4) is 0 Å². The molecular weight excluding hydrogens is 292 g/mol. The Morgan fingerprint density at radius 1 is 1.17 bits per heavy atom. The van der Waals surface area contributed by atoms with E-state index in [-0.39, 0.29) is 24.1 Å². The van der Waals surface area contributed by atoms with Crippen LogP contribution in [-0.4, -0.2) is 10.8 Å². The van der Waals surface area contributed by atoms with E-state index in [0.29, 0.717) is 0 Å². The van der Waals surface area contributed by atoms with Crippen LogP contribution in [0.25, 0.3) is 0 Å². The van der Waals surface area contributed by atoms with Crippen molar-refractivity contribution in [2.24, 2.45) is 0 Å². The van der Waals surface area contributed by atoms with Gasteiger partial charge in [-0.2, -0.15) is 0 Å². The van der Waals surface area contributed by atoms with Gasteiger partial charge in [-0.25, -0.2) is 0 Å². The van der Waals surface area contributed by atoms with Crippen LogP contribution in [0.5, 0.6) is 0 Å². The number of non-ortho nitro benzene ring substituents is 1. The summed E-state index contributed by atoms with van der Waals surface area (Å²) in [5.74, 6) is -0.0550. The number of nitro groups is 1. The second-order valence-electron chi connectivity index (χ2n) is 5.81. The van der Waals surface area contributed by atoms with Crippen LogP contribution in [-0.2, 0) is 17.6 Å². The molecule has 0 saturated carbocycles. The first kappa shape index (κ1) is 15.2. The number of hydrogen-bond donors (Lipinski definition) is 1. The zero-order valence-corrected chi connectivity index (χ0v) is 12.7. The molecule has 1 atom stereocenters. The van der Waals surface area contributed by atoms with Crippen LogP contribution >= 0.6 is 0 Å². The molecule has 1 amide bonds. The lowest BCUT2D eigenvalue weighted by Gasteiger charge is -2.26. The lowest BCUT2D eigenvalue weighted by molar-refractivity contribution is -0.384. The van der Waals surface area contributed by atoms with Crippen molar-refractivity contribution in [1.82, 2.24) is 5.32 Å². The molecule has 1 N–H and O–H groups in total. The number of benzene rings is 2. The number of carbonyl (C=O) groups excluding carboxylic acids is 1. The molecule has 2 aromatic rings. The quantitative estimate of drug-likeness (QED) is 0.695. The highest BCUT2D eigenvalue weighted by atomic mass is 16.6. The van der Waals surface area contributed by atoms with E-state index in [9.17, 15) is 14.9 Å². The molecule has 5 heteroatoms. The molecule has 0 radical (unpaired) electrons. The molecule has 23 heavy (non-hydrogen) atoms. The highest BCUT2D eigenvalue weighted by Crippen LogP contribution is 2.29. The molecule has 0 bridgehead atoms. The van der Waals surface area contributed by atoms with Gasteiger partial charge in [-0.05, 0) is 36.0 Å². The van der Waals surface area contributed by atoms with E-state index >= 15 is 0 Å². The van der Waals surface area contributed by atoms with Gasteiger partial charge in [-0.3, -0.25) is 14.9 Å². The van der Waals surface area contributed by atoms with Crippen molar-refractivity contribution >= 4 is 11.6 Å². The molecular formula is C18H18N2O3. The Balaban J connectivity index is 1.65. The van der Waals surface area contributed by atoms with E-state index in [1.165, 1.54) is 23.3 Å². The zero-order chi connectivity index (χ0) is 16.2. The fourth-order valence-electron chi connectivity index (χ4n) is 3.07. The highest BCUT2D eigenvalue weighted by Gasteiger charge is 2.21. The van der Waals surface area contributed by atoms with Gasteiger partial charge in [0.05, 0.1) is 17.4 Å². The number of aryl methyl sites for hydroxylation is 1. The van der Waals surface area contributed by atoms with E-state index in [4.69, 9.17) is 0 Å². The summed E-state index contributed by atoms with van der Waals surface area (Å²) in [6.45, 7) is 0. The van der Waals surface area contributed by atoms with Crippen LogP contribution in [0.15, 0.2) is 48.5 Å². The fourth-order valence-corrected chi connectivity index (χ4v) is 3.07. The van der Waals surface area contributed by atoms with Crippen LogP contribution in [0.2, 0.25) is 0 Å². The summed E-state index contributed by atoms with van der Waals surface area (Å²) in [6.07, 6.45) is 3.31. The van der Waals surface area contributed by atoms with Gasteiger partial charge in [0.2, 0.25) is 5.91 Å². The lowest BCUT2D eigenvalue weighted by Crippen LogP contribution is -2.32. The van der Waals surface area contributed by atoms with Crippen molar-refractivity contribution in [1.29, 1.82) is 0 Å². The number of nitro benzene ring substituents is 1. The van der Waals surface area contributed by atoms with Gasteiger partial charge in [0.15, 0.2) is 0 Å². The van der Waals surface area contributed by atoms with Crippen molar-refractivity contribution in [3.63, 3.8) is 0 Å². The maximum Gasteiger partial charge on any atom is 0.269 e. The van der Waals surface area contributed by atoms with Crippen molar-refractivity contribution in [3.8, 4) is 0 Å². The number of fused-ring (bicyclic) bond motifs is 1. The summed E-state index contributed by atoms with van der Waals surface area (Å²) >= 11 is 0. The molecule has 2 aromatic carbocycles. The third-order valence-electron chi connectivity index (χ3n) is 4.22. The van der Waals surface area contributed by atoms with Gasteiger partial charge in [0.1, 0.15) is 0 Å². The minimum Gasteiger partial charge on any atom is -0.349 e. The molecule has 1 aliphatic carbocycles. The second-order valence-corrected chi connectivity index (χ2v) is 5.81. The molecule has 0 saturated heterocycles. The van der Waals surface area contributed by atoms with E-state index in [1.807, 2.05) is 12.1 Å². The number of rotatable bonds is 4. The first-order valence-electron chi connectivity index (χ1n) is 7.74. The third-order valence-corrected chi connectivity index (χ3v) is 4.22. The van der Waals surface area contributed by atoms with E-state index in [1.54, 1.807) is 12.1 Å². The number of hydrogen-bond acceptors (Lipinski definition) is 3. The van der Waals surface area contributed by atoms with Gasteiger partial charge in [0, 0.05) is 12.1 Å². The number of nitrogens with one attached hydrogen (secondary N) is 1. The Morgan fingerprint density at radius 2 is 1.91 bits per heavy atom. The molecule has 0 aromatic heterocycles. The minimum absolute atomic E-state index is 0.0374. The van der Waals surface area contributed by atoms with Crippen LogP contribution in [0.1, 0.15) is 35.6 Å². The van der Waals surface area contributed by atoms with Gasteiger partial charge in [-0.1, -0.05) is 36.4 Å². The molecule has 1 aliphatic rings. The molecule has 3 rings (SSSR count). The topological polar surface area (TPSA) is 72.2 Å². The van der Waals surface area contributed by atoms with Crippen LogP contribution in [0, 0.1) is 10.1 Å². The van der Waals surface area contributed by atoms with Gasteiger partial charge in [-0.15, -0.1) is 0 Å². The molecule has 0 spiro atoms. The predicted molar refractivity (Wildman–Crippen MR) is 87.1 cm³/mol. The molecule has 0 fully saturated rings. The average Bonchev–Trinajstić information content (AvgIpc) is 2.55. The Hall–Kier alpha value is -2.69. The molecule has 1 unspecified atom stereocenters. The second kappa shape index (κ2) is 6.60. The number of nitrogens with zero attached hydrogens (tertiary/aromatic N) is 1. The summed E-state index contributed by atoms with van der Waals surface area (Å²) in [4.78, 5) is 22.5. The van der Waals surface area contributed by atoms with E-state index < -0.39 is 4.92 Å². The van der Waals surface area contributed by atoms with Crippen molar-refractivity contribution in [3.05, 3.63) is 75.3 Å².